The second kappa shape index (κ2) is 6.76. The van der Waals surface area contributed by atoms with Gasteiger partial charge >= 0.3 is 0 Å². The highest BCUT2D eigenvalue weighted by molar-refractivity contribution is 5.39. The zero-order chi connectivity index (χ0) is 12.8. The van der Waals surface area contributed by atoms with Gasteiger partial charge < -0.3 is 10.8 Å². The molecule has 0 spiro atoms. The molecule has 3 heteroatoms. The van der Waals surface area contributed by atoms with E-state index in [1.54, 1.807) is 0 Å². The van der Waals surface area contributed by atoms with Crippen LogP contribution in [0.5, 0.6) is 0 Å². The van der Waals surface area contributed by atoms with Gasteiger partial charge in [-0.05, 0) is 43.4 Å². The first kappa shape index (κ1) is 13.4. The molecule has 0 aliphatic heterocycles. The van der Waals surface area contributed by atoms with Crippen LogP contribution < -0.4 is 5.73 Å². The number of hydrogen-bond acceptors (Lipinski definition) is 3. The first-order chi connectivity index (χ1) is 8.79. The summed E-state index contributed by atoms with van der Waals surface area (Å²) in [5.74, 6) is 0. The third-order valence-corrected chi connectivity index (χ3v) is 3.86. The van der Waals surface area contributed by atoms with Gasteiger partial charge in [-0.15, -0.1) is 0 Å². The predicted molar refractivity (Wildman–Crippen MR) is 75.5 cm³/mol. The van der Waals surface area contributed by atoms with E-state index in [2.05, 4.69) is 17.0 Å². The molecule has 3 nitrogen and oxygen atoms in total. The minimum absolute atomic E-state index is 0.297. The topological polar surface area (TPSA) is 49.5 Å². The molecule has 0 atom stereocenters. The Morgan fingerprint density at radius 3 is 2.44 bits per heavy atom. The number of aliphatic hydroxyl groups is 1. The molecule has 1 aliphatic carbocycles. The lowest BCUT2D eigenvalue weighted by Gasteiger charge is -2.37. The third kappa shape index (κ3) is 3.72. The molecule has 0 unspecified atom stereocenters. The molecule has 0 bridgehead atoms. The quantitative estimate of drug-likeness (QED) is 0.726. The maximum absolute atomic E-state index is 8.96. The Balaban J connectivity index is 1.82. The fourth-order valence-electron chi connectivity index (χ4n) is 2.46. The highest BCUT2D eigenvalue weighted by Gasteiger charge is 2.23. The van der Waals surface area contributed by atoms with E-state index in [1.165, 1.54) is 24.8 Å². The Kier molecular flexibility index (Phi) is 5.02. The van der Waals surface area contributed by atoms with Crippen molar-refractivity contribution in [2.75, 3.05) is 25.4 Å². The molecule has 2 rings (SSSR count). The molecule has 0 aromatic heterocycles. The van der Waals surface area contributed by atoms with Gasteiger partial charge in [0.2, 0.25) is 0 Å². The van der Waals surface area contributed by atoms with E-state index in [9.17, 15) is 0 Å². The first-order valence-electron chi connectivity index (χ1n) is 6.99. The fourth-order valence-corrected chi connectivity index (χ4v) is 2.46. The Labute approximate surface area is 110 Å². The minimum Gasteiger partial charge on any atom is -0.399 e. The van der Waals surface area contributed by atoms with E-state index >= 15 is 0 Å². The molecule has 0 saturated heterocycles. The van der Waals surface area contributed by atoms with Crippen molar-refractivity contribution in [2.24, 2.45) is 0 Å². The van der Waals surface area contributed by atoms with Crippen LogP contribution >= 0.6 is 0 Å². The smallest absolute Gasteiger partial charge is 0.0443 e. The summed E-state index contributed by atoms with van der Waals surface area (Å²) in [6.45, 7) is 2.41. The number of anilines is 1. The average molecular weight is 248 g/mol. The average Bonchev–Trinajstić information content (AvgIpc) is 2.32. The Morgan fingerprint density at radius 1 is 1.17 bits per heavy atom. The number of nitrogens with zero attached hydrogens (tertiary/aromatic N) is 1. The second-order valence-electron chi connectivity index (χ2n) is 5.19. The van der Waals surface area contributed by atoms with Gasteiger partial charge in [-0.3, -0.25) is 4.90 Å². The lowest BCUT2D eigenvalue weighted by molar-refractivity contribution is 0.118. The van der Waals surface area contributed by atoms with E-state index < -0.39 is 0 Å². The molecule has 18 heavy (non-hydrogen) atoms. The van der Waals surface area contributed by atoms with Gasteiger partial charge in [-0.2, -0.15) is 0 Å². The second-order valence-corrected chi connectivity index (χ2v) is 5.19. The zero-order valence-corrected chi connectivity index (χ0v) is 11.0. The lowest BCUT2D eigenvalue weighted by Crippen LogP contribution is -2.42. The number of rotatable bonds is 7. The number of aliphatic hydroxyl groups excluding tert-OH is 1. The van der Waals surface area contributed by atoms with Crippen LogP contribution in [0.3, 0.4) is 0 Å². The van der Waals surface area contributed by atoms with Crippen molar-refractivity contribution >= 4 is 5.69 Å². The van der Waals surface area contributed by atoms with Crippen LogP contribution in [0.4, 0.5) is 5.69 Å². The summed E-state index contributed by atoms with van der Waals surface area (Å²) < 4.78 is 0. The predicted octanol–water partition coefficient (Wildman–Crippen LogP) is 2.05. The maximum atomic E-state index is 8.96. The van der Waals surface area contributed by atoms with Crippen LogP contribution in [0.1, 0.15) is 31.2 Å². The Morgan fingerprint density at radius 2 is 1.89 bits per heavy atom. The molecule has 1 saturated carbocycles. The number of benzene rings is 1. The van der Waals surface area contributed by atoms with Crippen molar-refractivity contribution in [3.63, 3.8) is 0 Å². The standard InChI is InChI=1S/C15H24N2O/c16-14-7-5-13(6-8-14)9-11-17(10-2-12-18)15-3-1-4-15/h5-8,15,18H,1-4,9-12,16H2. The molecule has 1 aromatic carbocycles. The van der Waals surface area contributed by atoms with Gasteiger partial charge in [0, 0.05) is 31.4 Å². The molecule has 1 aromatic rings. The van der Waals surface area contributed by atoms with Crippen LogP contribution in [0.2, 0.25) is 0 Å². The normalized spacial score (nSPS) is 15.9. The van der Waals surface area contributed by atoms with Crippen LogP contribution in [0, 0.1) is 0 Å². The highest BCUT2D eigenvalue weighted by atomic mass is 16.3. The molecule has 0 radical (unpaired) electrons. The summed E-state index contributed by atoms with van der Waals surface area (Å²) >= 11 is 0. The molecular weight excluding hydrogens is 224 g/mol. The molecular formula is C15H24N2O. The monoisotopic (exact) mass is 248 g/mol. The van der Waals surface area contributed by atoms with Crippen LogP contribution in [-0.4, -0.2) is 35.7 Å². The van der Waals surface area contributed by atoms with E-state index in [0.29, 0.717) is 6.61 Å². The third-order valence-electron chi connectivity index (χ3n) is 3.86. The van der Waals surface area contributed by atoms with Crippen molar-refractivity contribution < 1.29 is 5.11 Å². The van der Waals surface area contributed by atoms with E-state index in [1.807, 2.05) is 12.1 Å². The van der Waals surface area contributed by atoms with Gasteiger partial charge in [0.25, 0.3) is 0 Å². The van der Waals surface area contributed by atoms with Crippen molar-refractivity contribution in [1.29, 1.82) is 0 Å². The zero-order valence-electron chi connectivity index (χ0n) is 11.0. The summed E-state index contributed by atoms with van der Waals surface area (Å²) in [5, 5.41) is 8.96. The summed E-state index contributed by atoms with van der Waals surface area (Å²) in [7, 11) is 0. The van der Waals surface area contributed by atoms with E-state index in [-0.39, 0.29) is 0 Å². The molecule has 0 amide bonds. The SMILES string of the molecule is Nc1ccc(CCN(CCCO)C2CCC2)cc1. The van der Waals surface area contributed by atoms with Crippen molar-refractivity contribution in [2.45, 2.75) is 38.1 Å². The van der Waals surface area contributed by atoms with Gasteiger partial charge in [0.15, 0.2) is 0 Å². The van der Waals surface area contributed by atoms with Gasteiger partial charge in [-0.1, -0.05) is 18.6 Å². The molecule has 3 N–H and O–H groups in total. The van der Waals surface area contributed by atoms with Crippen LogP contribution in [0.15, 0.2) is 24.3 Å². The minimum atomic E-state index is 0.297. The maximum Gasteiger partial charge on any atom is 0.0443 e. The van der Waals surface area contributed by atoms with E-state index in [0.717, 1.165) is 37.7 Å². The van der Waals surface area contributed by atoms with Gasteiger partial charge in [0.1, 0.15) is 0 Å². The molecule has 1 fully saturated rings. The Hall–Kier alpha value is -1.06. The largest absolute Gasteiger partial charge is 0.399 e. The summed E-state index contributed by atoms with van der Waals surface area (Å²) in [4.78, 5) is 2.54. The Bertz CT molecular complexity index is 346. The summed E-state index contributed by atoms with van der Waals surface area (Å²) in [6, 6.07) is 8.92. The van der Waals surface area contributed by atoms with Gasteiger partial charge in [-0.25, -0.2) is 0 Å². The van der Waals surface area contributed by atoms with Gasteiger partial charge in [0.05, 0.1) is 0 Å². The van der Waals surface area contributed by atoms with E-state index in [4.69, 9.17) is 10.8 Å². The molecule has 1 aliphatic rings. The number of nitrogens with two attached hydrogens (primary N) is 1. The lowest BCUT2D eigenvalue weighted by atomic mass is 9.91. The molecule has 100 valence electrons. The fraction of sp³-hybridized carbons (Fsp3) is 0.600. The number of hydrogen-bond donors (Lipinski definition) is 2. The molecule has 0 heterocycles. The van der Waals surface area contributed by atoms with Crippen LogP contribution in [0.25, 0.3) is 0 Å². The van der Waals surface area contributed by atoms with Crippen molar-refractivity contribution in [1.82, 2.24) is 4.90 Å². The number of nitrogen functional groups attached to an aromatic ring is 1. The summed E-state index contributed by atoms with van der Waals surface area (Å²) in [5.41, 5.74) is 7.86. The first-order valence-corrected chi connectivity index (χ1v) is 6.99. The summed E-state index contributed by atoms with van der Waals surface area (Å²) in [6.07, 6.45) is 5.98. The van der Waals surface area contributed by atoms with Crippen LogP contribution in [-0.2, 0) is 6.42 Å². The highest BCUT2D eigenvalue weighted by Crippen LogP contribution is 2.25. The van der Waals surface area contributed by atoms with Crippen molar-refractivity contribution in [3.8, 4) is 0 Å². The van der Waals surface area contributed by atoms with Crippen molar-refractivity contribution in [3.05, 3.63) is 29.8 Å².